The van der Waals surface area contributed by atoms with Crippen molar-refractivity contribution in [2.45, 2.75) is 29.5 Å². The summed E-state index contributed by atoms with van der Waals surface area (Å²) in [5.74, 6) is 0. The van der Waals surface area contributed by atoms with Gasteiger partial charge in [0.05, 0.1) is 5.56 Å². The molecule has 3 rings (SSSR count). The molecule has 0 amide bonds. The van der Waals surface area contributed by atoms with E-state index in [1.807, 2.05) is 0 Å². The second-order valence-corrected chi connectivity index (χ2v) is 8.08. The quantitative estimate of drug-likeness (QED) is 0.845. The Morgan fingerprint density at radius 1 is 1.16 bits per heavy atom. The molecule has 1 aromatic heterocycles. The van der Waals surface area contributed by atoms with Gasteiger partial charge in [0.2, 0.25) is 0 Å². The number of hydrogen-bond donors (Lipinski definition) is 1. The number of benzene rings is 1. The molecule has 2 aromatic rings. The Kier molecular flexibility index (Phi) is 4.55. The van der Waals surface area contributed by atoms with Gasteiger partial charge >= 0.3 is 6.18 Å². The molecule has 1 aliphatic rings. The molecule has 25 heavy (non-hydrogen) atoms. The summed E-state index contributed by atoms with van der Waals surface area (Å²) in [6.07, 6.45) is -2.29. The number of nitrogens with zero attached hydrogens (tertiary/aromatic N) is 1. The normalized spacial score (nSPS) is 16.6. The molecular formula is C16H14ClF3N2O2S. The van der Waals surface area contributed by atoms with Crippen LogP contribution < -0.4 is 4.72 Å². The minimum Gasteiger partial charge on any atom is -0.243 e. The summed E-state index contributed by atoms with van der Waals surface area (Å²) < 4.78 is 66.1. The standard InChI is InChI=1S/C16H14ClF3N2O2S/c17-12-5-3-11(4-6-12)15(7-8-15)10-22-25(23,24)14-13(16(18,19)20)2-1-9-21-14/h1-6,9,22H,7-8,10H2. The number of rotatable bonds is 5. The van der Waals surface area contributed by atoms with E-state index in [1.54, 1.807) is 24.3 Å². The van der Waals surface area contributed by atoms with E-state index in [0.29, 0.717) is 11.1 Å². The highest BCUT2D eigenvalue weighted by Crippen LogP contribution is 2.48. The lowest BCUT2D eigenvalue weighted by Gasteiger charge is -2.18. The summed E-state index contributed by atoms with van der Waals surface area (Å²) in [6.45, 7) is 0.00480. The fourth-order valence-electron chi connectivity index (χ4n) is 2.64. The third kappa shape index (κ3) is 3.80. The third-order valence-corrected chi connectivity index (χ3v) is 5.85. The van der Waals surface area contributed by atoms with Crippen molar-refractivity contribution in [3.63, 3.8) is 0 Å². The summed E-state index contributed by atoms with van der Waals surface area (Å²) in [5, 5.41) is -0.446. The van der Waals surface area contributed by atoms with Gasteiger partial charge in [-0.05, 0) is 42.7 Å². The van der Waals surface area contributed by atoms with Crippen LogP contribution in [0.2, 0.25) is 5.02 Å². The third-order valence-electron chi connectivity index (χ3n) is 4.24. The Morgan fingerprint density at radius 3 is 2.36 bits per heavy atom. The molecule has 1 heterocycles. The predicted octanol–water partition coefficient (Wildman–Crippen LogP) is 3.76. The highest BCUT2D eigenvalue weighted by Gasteiger charge is 2.45. The van der Waals surface area contributed by atoms with Gasteiger partial charge in [-0.15, -0.1) is 0 Å². The van der Waals surface area contributed by atoms with Gasteiger partial charge in [0.25, 0.3) is 10.0 Å². The number of pyridine rings is 1. The molecule has 4 nitrogen and oxygen atoms in total. The van der Waals surface area contributed by atoms with Crippen LogP contribution in [-0.2, 0) is 21.6 Å². The van der Waals surface area contributed by atoms with E-state index in [-0.39, 0.29) is 6.54 Å². The first-order valence-electron chi connectivity index (χ1n) is 7.42. The van der Waals surface area contributed by atoms with Crippen molar-refractivity contribution in [1.82, 2.24) is 9.71 Å². The van der Waals surface area contributed by atoms with Crippen molar-refractivity contribution < 1.29 is 21.6 Å². The van der Waals surface area contributed by atoms with E-state index in [4.69, 9.17) is 11.6 Å². The van der Waals surface area contributed by atoms with Gasteiger partial charge in [0, 0.05) is 23.2 Å². The second-order valence-electron chi connectivity index (χ2n) is 5.97. The van der Waals surface area contributed by atoms with Gasteiger partial charge in [-0.1, -0.05) is 23.7 Å². The van der Waals surface area contributed by atoms with E-state index in [2.05, 4.69) is 9.71 Å². The van der Waals surface area contributed by atoms with E-state index < -0.39 is 32.2 Å². The van der Waals surface area contributed by atoms with Gasteiger partial charge in [-0.2, -0.15) is 13.2 Å². The van der Waals surface area contributed by atoms with Crippen LogP contribution in [0.4, 0.5) is 13.2 Å². The summed E-state index contributed by atoms with van der Waals surface area (Å²) in [6, 6.07) is 8.75. The molecule has 1 N–H and O–H groups in total. The summed E-state index contributed by atoms with van der Waals surface area (Å²) in [7, 11) is -4.39. The topological polar surface area (TPSA) is 59.1 Å². The number of alkyl halides is 3. The van der Waals surface area contributed by atoms with Gasteiger partial charge in [0.1, 0.15) is 0 Å². The lowest BCUT2D eigenvalue weighted by Crippen LogP contribution is -2.34. The molecule has 0 spiro atoms. The number of sulfonamides is 1. The molecule has 0 bridgehead atoms. The average Bonchev–Trinajstić information content (AvgIpc) is 3.34. The summed E-state index contributed by atoms with van der Waals surface area (Å²) in [5.41, 5.74) is -0.791. The molecule has 134 valence electrons. The highest BCUT2D eigenvalue weighted by molar-refractivity contribution is 7.89. The number of hydrogen-bond acceptors (Lipinski definition) is 3. The first kappa shape index (κ1) is 18.2. The van der Waals surface area contributed by atoms with E-state index in [9.17, 15) is 21.6 Å². The zero-order valence-corrected chi connectivity index (χ0v) is 14.4. The Bertz CT molecular complexity index is 879. The van der Waals surface area contributed by atoms with Crippen molar-refractivity contribution >= 4 is 21.6 Å². The minimum atomic E-state index is -4.80. The number of nitrogens with one attached hydrogen (secondary N) is 1. The lowest BCUT2D eigenvalue weighted by molar-refractivity contribution is -0.140. The maximum atomic E-state index is 13.0. The van der Waals surface area contributed by atoms with Crippen LogP contribution in [0.5, 0.6) is 0 Å². The molecule has 0 radical (unpaired) electrons. The van der Waals surface area contributed by atoms with Crippen LogP contribution in [0.25, 0.3) is 0 Å². The van der Waals surface area contributed by atoms with Crippen molar-refractivity contribution in [1.29, 1.82) is 0 Å². The van der Waals surface area contributed by atoms with Crippen LogP contribution >= 0.6 is 11.6 Å². The van der Waals surface area contributed by atoms with Crippen LogP contribution in [0, 0.1) is 0 Å². The first-order chi connectivity index (χ1) is 11.6. The van der Waals surface area contributed by atoms with Gasteiger partial charge in [-0.3, -0.25) is 0 Å². The Hall–Kier alpha value is -1.64. The molecular weight excluding hydrogens is 377 g/mol. The molecule has 0 atom stereocenters. The molecule has 1 fully saturated rings. The summed E-state index contributed by atoms with van der Waals surface area (Å²) in [4.78, 5) is 3.43. The van der Waals surface area contributed by atoms with E-state index in [0.717, 1.165) is 30.7 Å². The number of halogens is 4. The summed E-state index contributed by atoms with van der Waals surface area (Å²) >= 11 is 5.85. The van der Waals surface area contributed by atoms with Crippen molar-refractivity contribution in [2.75, 3.05) is 6.54 Å². The first-order valence-corrected chi connectivity index (χ1v) is 9.28. The van der Waals surface area contributed by atoms with E-state index in [1.165, 1.54) is 0 Å². The second kappa shape index (κ2) is 6.26. The molecule has 0 unspecified atom stereocenters. The predicted molar refractivity (Wildman–Crippen MR) is 86.8 cm³/mol. The smallest absolute Gasteiger partial charge is 0.243 e. The highest BCUT2D eigenvalue weighted by atomic mass is 35.5. The molecule has 1 saturated carbocycles. The minimum absolute atomic E-state index is 0.00480. The Balaban J connectivity index is 1.83. The van der Waals surface area contributed by atoms with Crippen LogP contribution in [0.15, 0.2) is 47.6 Å². The van der Waals surface area contributed by atoms with Crippen LogP contribution in [-0.4, -0.2) is 19.9 Å². The largest absolute Gasteiger partial charge is 0.419 e. The average molecular weight is 391 g/mol. The van der Waals surface area contributed by atoms with Crippen molar-refractivity contribution in [3.8, 4) is 0 Å². The monoisotopic (exact) mass is 390 g/mol. The molecule has 1 aliphatic carbocycles. The molecule has 9 heteroatoms. The Labute approximate surface area is 148 Å². The fraction of sp³-hybridized carbons (Fsp3) is 0.312. The Morgan fingerprint density at radius 2 is 1.80 bits per heavy atom. The van der Waals surface area contributed by atoms with Gasteiger partial charge in [-0.25, -0.2) is 18.1 Å². The number of aromatic nitrogens is 1. The zero-order chi connectivity index (χ0) is 18.3. The van der Waals surface area contributed by atoms with Gasteiger partial charge in [0.15, 0.2) is 5.03 Å². The van der Waals surface area contributed by atoms with Crippen LogP contribution in [0.3, 0.4) is 0 Å². The zero-order valence-electron chi connectivity index (χ0n) is 12.8. The van der Waals surface area contributed by atoms with Crippen molar-refractivity contribution in [3.05, 3.63) is 58.7 Å². The van der Waals surface area contributed by atoms with Crippen LogP contribution in [0.1, 0.15) is 24.0 Å². The molecule has 0 aliphatic heterocycles. The van der Waals surface area contributed by atoms with Crippen molar-refractivity contribution in [2.24, 2.45) is 0 Å². The lowest BCUT2D eigenvalue weighted by atomic mass is 9.96. The molecule has 1 aromatic carbocycles. The maximum Gasteiger partial charge on any atom is 0.419 e. The molecule has 0 saturated heterocycles. The van der Waals surface area contributed by atoms with Gasteiger partial charge < -0.3 is 0 Å². The maximum absolute atomic E-state index is 13.0. The fourth-order valence-corrected chi connectivity index (χ4v) is 4.05. The SMILES string of the molecule is O=S(=O)(NCC1(c2ccc(Cl)cc2)CC1)c1ncccc1C(F)(F)F. The van der Waals surface area contributed by atoms with E-state index >= 15 is 0 Å².